The van der Waals surface area contributed by atoms with Crippen LogP contribution in [0.3, 0.4) is 0 Å². The molecule has 0 radical (unpaired) electrons. The molecule has 10 aromatic rings. The molecule has 4 heterocycles. The number of furan rings is 3. The standard InChI is InChI=1S/C45H31N3O3/c1-2-10-26(11-3-1)43-46-44(27-21-23-38-35(24-27)30-13-5-6-17-36(30)49-38)48-45(47-43)28-20-22-34-40(25-28)50-39-19-9-14-31(41(34)39)33-16-8-15-32-29-12-4-7-18-37(29)51-42(32)33/h1-25,43-48H. The highest BCUT2D eigenvalue weighted by Crippen LogP contribution is 2.42. The average molecular weight is 662 g/mol. The van der Waals surface area contributed by atoms with Gasteiger partial charge in [-0.05, 0) is 58.7 Å². The molecule has 0 saturated carbocycles. The maximum atomic E-state index is 6.61. The Labute approximate surface area is 292 Å². The largest absolute Gasteiger partial charge is 0.456 e. The predicted molar refractivity (Wildman–Crippen MR) is 204 cm³/mol. The second-order valence-electron chi connectivity index (χ2n) is 13.4. The van der Waals surface area contributed by atoms with E-state index in [1.54, 1.807) is 0 Å². The number of nitrogens with one attached hydrogen (secondary N) is 3. The minimum absolute atomic E-state index is 0.0958. The molecule has 6 heteroatoms. The Kier molecular flexibility index (Phi) is 6.27. The zero-order chi connectivity index (χ0) is 33.5. The molecule has 3 atom stereocenters. The Morgan fingerprint density at radius 1 is 0.333 bits per heavy atom. The Bertz CT molecular complexity index is 2940. The van der Waals surface area contributed by atoms with Crippen molar-refractivity contribution in [1.29, 1.82) is 0 Å². The first-order valence-electron chi connectivity index (χ1n) is 17.4. The Morgan fingerprint density at radius 2 is 0.902 bits per heavy atom. The molecule has 0 spiro atoms. The van der Waals surface area contributed by atoms with Crippen LogP contribution < -0.4 is 16.0 Å². The van der Waals surface area contributed by atoms with Crippen molar-refractivity contribution in [3.05, 3.63) is 168 Å². The van der Waals surface area contributed by atoms with E-state index in [4.69, 9.17) is 13.3 Å². The fraction of sp³-hybridized carbons (Fsp3) is 0.0667. The molecule has 6 nitrogen and oxygen atoms in total. The van der Waals surface area contributed by atoms with E-state index in [2.05, 4.69) is 143 Å². The summed E-state index contributed by atoms with van der Waals surface area (Å²) in [5, 5.41) is 18.1. The van der Waals surface area contributed by atoms with E-state index in [1.807, 2.05) is 24.3 Å². The number of hydrogen-bond donors (Lipinski definition) is 3. The lowest BCUT2D eigenvalue weighted by molar-refractivity contribution is 0.203. The van der Waals surface area contributed by atoms with Gasteiger partial charge in [0, 0.05) is 37.9 Å². The zero-order valence-electron chi connectivity index (χ0n) is 27.4. The van der Waals surface area contributed by atoms with E-state index in [9.17, 15) is 0 Å². The maximum Gasteiger partial charge on any atom is 0.143 e. The third-order valence-electron chi connectivity index (χ3n) is 10.4. The highest BCUT2D eigenvalue weighted by molar-refractivity contribution is 6.17. The van der Waals surface area contributed by atoms with Gasteiger partial charge in [-0.25, -0.2) is 0 Å². The van der Waals surface area contributed by atoms with Crippen molar-refractivity contribution in [2.75, 3.05) is 0 Å². The van der Waals surface area contributed by atoms with Crippen molar-refractivity contribution < 1.29 is 13.3 Å². The molecule has 1 aliphatic heterocycles. The first kappa shape index (κ1) is 28.6. The molecular weight excluding hydrogens is 631 g/mol. The fourth-order valence-electron chi connectivity index (χ4n) is 8.00. The Morgan fingerprint density at radius 3 is 1.73 bits per heavy atom. The quantitative estimate of drug-likeness (QED) is 0.174. The lowest BCUT2D eigenvalue weighted by Gasteiger charge is -2.39. The summed E-state index contributed by atoms with van der Waals surface area (Å²) in [6.07, 6.45) is -0.400. The lowest BCUT2D eigenvalue weighted by Crippen LogP contribution is -2.54. The second kappa shape index (κ2) is 11.2. The Balaban J connectivity index is 1.01. The number of rotatable bonds is 4. The molecule has 244 valence electrons. The van der Waals surface area contributed by atoms with E-state index in [1.165, 1.54) is 0 Å². The summed E-state index contributed by atoms with van der Waals surface area (Å²) < 4.78 is 19.2. The highest BCUT2D eigenvalue weighted by atomic mass is 16.3. The van der Waals surface area contributed by atoms with E-state index < -0.39 is 0 Å². The monoisotopic (exact) mass is 661 g/mol. The van der Waals surface area contributed by atoms with Gasteiger partial charge in [-0.1, -0.05) is 115 Å². The average Bonchev–Trinajstić information content (AvgIpc) is 3.88. The summed E-state index contributed by atoms with van der Waals surface area (Å²) >= 11 is 0. The number of benzene rings is 7. The van der Waals surface area contributed by atoms with Gasteiger partial charge in [0.25, 0.3) is 0 Å². The predicted octanol–water partition coefficient (Wildman–Crippen LogP) is 11.2. The third-order valence-corrected chi connectivity index (χ3v) is 10.4. The van der Waals surface area contributed by atoms with Gasteiger partial charge in [-0.2, -0.15) is 0 Å². The van der Waals surface area contributed by atoms with Crippen LogP contribution in [0.25, 0.3) is 76.9 Å². The van der Waals surface area contributed by atoms with E-state index in [-0.39, 0.29) is 18.5 Å². The topological polar surface area (TPSA) is 75.5 Å². The van der Waals surface area contributed by atoms with Crippen molar-refractivity contribution >= 4 is 65.8 Å². The summed E-state index contributed by atoms with van der Waals surface area (Å²) in [4.78, 5) is 0. The minimum Gasteiger partial charge on any atom is -0.456 e. The van der Waals surface area contributed by atoms with Gasteiger partial charge < -0.3 is 13.3 Å². The molecule has 0 aliphatic carbocycles. The van der Waals surface area contributed by atoms with Gasteiger partial charge in [-0.15, -0.1) is 0 Å². The van der Waals surface area contributed by atoms with Crippen LogP contribution >= 0.6 is 0 Å². The molecule has 0 bridgehead atoms. The SMILES string of the molecule is c1ccc(C2NC(c3ccc4c(c3)oc3cccc(-c5cccc6c5oc5ccccc56)c34)NC(c3ccc4oc5ccccc5c4c3)N2)cc1. The van der Waals surface area contributed by atoms with Crippen molar-refractivity contribution in [2.24, 2.45) is 0 Å². The first-order valence-corrected chi connectivity index (χ1v) is 17.4. The van der Waals surface area contributed by atoms with Crippen molar-refractivity contribution in [3.63, 3.8) is 0 Å². The lowest BCUT2D eigenvalue weighted by atomic mass is 9.97. The first-order chi connectivity index (χ1) is 25.2. The minimum atomic E-state index is -0.167. The molecule has 11 rings (SSSR count). The third kappa shape index (κ3) is 4.55. The molecule has 1 fully saturated rings. The summed E-state index contributed by atoms with van der Waals surface area (Å²) in [6.45, 7) is 0. The molecule has 1 aliphatic rings. The summed E-state index contributed by atoms with van der Waals surface area (Å²) in [5.41, 5.74) is 10.8. The molecular formula is C45H31N3O3. The van der Waals surface area contributed by atoms with Crippen LogP contribution in [0.15, 0.2) is 165 Å². The molecule has 7 aromatic carbocycles. The molecule has 0 amide bonds. The summed E-state index contributed by atoms with van der Waals surface area (Å²) in [5.74, 6) is 0. The maximum absolute atomic E-state index is 6.61. The van der Waals surface area contributed by atoms with E-state index in [0.29, 0.717) is 0 Å². The van der Waals surface area contributed by atoms with Gasteiger partial charge in [-0.3, -0.25) is 16.0 Å². The van der Waals surface area contributed by atoms with Crippen molar-refractivity contribution in [1.82, 2.24) is 16.0 Å². The Hall–Kier alpha value is -6.18. The fourth-order valence-corrected chi connectivity index (χ4v) is 8.00. The van der Waals surface area contributed by atoms with Gasteiger partial charge in [0.15, 0.2) is 0 Å². The molecule has 3 unspecified atom stereocenters. The van der Waals surface area contributed by atoms with Crippen LogP contribution in [0.5, 0.6) is 0 Å². The van der Waals surface area contributed by atoms with E-state index in [0.717, 1.165) is 93.6 Å². The van der Waals surface area contributed by atoms with Gasteiger partial charge >= 0.3 is 0 Å². The number of hydrogen-bond acceptors (Lipinski definition) is 6. The number of para-hydroxylation sites is 3. The van der Waals surface area contributed by atoms with Gasteiger partial charge in [0.05, 0.1) is 18.5 Å². The molecule has 1 saturated heterocycles. The van der Waals surface area contributed by atoms with Crippen LogP contribution in [0, 0.1) is 0 Å². The van der Waals surface area contributed by atoms with Gasteiger partial charge in [0.2, 0.25) is 0 Å². The van der Waals surface area contributed by atoms with Crippen LogP contribution in [-0.4, -0.2) is 0 Å². The van der Waals surface area contributed by atoms with Crippen molar-refractivity contribution in [3.8, 4) is 11.1 Å². The van der Waals surface area contributed by atoms with E-state index >= 15 is 0 Å². The smallest absolute Gasteiger partial charge is 0.143 e. The highest BCUT2D eigenvalue weighted by Gasteiger charge is 2.30. The molecule has 3 N–H and O–H groups in total. The van der Waals surface area contributed by atoms with Crippen molar-refractivity contribution in [2.45, 2.75) is 18.5 Å². The zero-order valence-corrected chi connectivity index (χ0v) is 27.4. The van der Waals surface area contributed by atoms with Crippen LogP contribution in [0.2, 0.25) is 0 Å². The van der Waals surface area contributed by atoms with Crippen LogP contribution in [-0.2, 0) is 0 Å². The normalized spacial score (nSPS) is 18.2. The van der Waals surface area contributed by atoms with Crippen LogP contribution in [0.4, 0.5) is 0 Å². The van der Waals surface area contributed by atoms with Gasteiger partial charge in [0.1, 0.15) is 33.5 Å². The van der Waals surface area contributed by atoms with Crippen LogP contribution in [0.1, 0.15) is 35.2 Å². The summed E-state index contributed by atoms with van der Waals surface area (Å²) in [7, 11) is 0. The molecule has 3 aromatic heterocycles. The number of fused-ring (bicyclic) bond motifs is 9. The second-order valence-corrected chi connectivity index (χ2v) is 13.4. The summed E-state index contributed by atoms with van der Waals surface area (Å²) in [6, 6.07) is 52.7. The molecule has 51 heavy (non-hydrogen) atoms.